The number of rotatable bonds is 6. The quantitative estimate of drug-likeness (QED) is 0.686. The Hall–Kier alpha value is -2.14. The smallest absolute Gasteiger partial charge is 0.282 e. The summed E-state index contributed by atoms with van der Waals surface area (Å²) in [5, 5.41) is 3.67. The van der Waals surface area contributed by atoms with Crippen LogP contribution in [0.15, 0.2) is 60.7 Å². The number of anilines is 1. The Labute approximate surface area is 166 Å². The zero-order valence-corrected chi connectivity index (χ0v) is 16.5. The summed E-state index contributed by atoms with van der Waals surface area (Å²) >= 11 is 5.89. The molecule has 0 spiro atoms. The summed E-state index contributed by atoms with van der Waals surface area (Å²) in [6, 6.07) is 17.6. The molecule has 2 aromatic rings. The standard InChI is InChI=1S/C22H26ClN3O/c1-18(22(27)24-21-11-9-20(23)10-12-21)26-16-14-25(15-17-26)13-5-8-19-6-3-2-4-7-19/h2-12,18H,13-17H2,1H3,(H,24,27)/p+2/b8-5+/t18-/m1/s1. The number of piperazine rings is 1. The van der Waals surface area contributed by atoms with Crippen molar-refractivity contribution in [1.29, 1.82) is 0 Å². The first-order valence-corrected chi connectivity index (χ1v) is 9.96. The van der Waals surface area contributed by atoms with Crippen LogP contribution in [0.1, 0.15) is 12.5 Å². The lowest BCUT2D eigenvalue weighted by Crippen LogP contribution is -3.29. The maximum Gasteiger partial charge on any atom is 0.282 e. The SMILES string of the molecule is C[C@H](C(=O)Nc1ccc(Cl)cc1)[NH+]1CC[NH+](C/C=C/c2ccccc2)CC1. The maximum absolute atomic E-state index is 12.5. The third-order valence-electron chi connectivity index (χ3n) is 5.23. The molecule has 1 fully saturated rings. The lowest BCUT2D eigenvalue weighted by atomic mass is 10.2. The van der Waals surface area contributed by atoms with Gasteiger partial charge in [-0.25, -0.2) is 0 Å². The molecular weight excluding hydrogens is 358 g/mol. The molecule has 4 nitrogen and oxygen atoms in total. The second-order valence-electron chi connectivity index (χ2n) is 7.14. The van der Waals surface area contributed by atoms with E-state index < -0.39 is 0 Å². The second kappa shape index (κ2) is 9.70. The Morgan fingerprint density at radius 3 is 2.41 bits per heavy atom. The van der Waals surface area contributed by atoms with Crippen molar-refractivity contribution in [3.8, 4) is 0 Å². The Balaban J connectivity index is 1.43. The van der Waals surface area contributed by atoms with E-state index in [0.717, 1.165) is 38.4 Å². The fourth-order valence-electron chi connectivity index (χ4n) is 3.46. The minimum Gasteiger partial charge on any atom is -0.322 e. The average Bonchev–Trinajstić information content (AvgIpc) is 2.70. The van der Waals surface area contributed by atoms with Crippen molar-refractivity contribution < 1.29 is 14.6 Å². The minimum atomic E-state index is -0.0536. The van der Waals surface area contributed by atoms with Gasteiger partial charge in [0.25, 0.3) is 5.91 Å². The first-order valence-electron chi connectivity index (χ1n) is 9.58. The molecule has 5 heteroatoms. The topological polar surface area (TPSA) is 38.0 Å². The summed E-state index contributed by atoms with van der Waals surface area (Å²) < 4.78 is 0. The van der Waals surface area contributed by atoms with Crippen LogP contribution in [0.3, 0.4) is 0 Å². The summed E-state index contributed by atoms with van der Waals surface area (Å²) in [4.78, 5) is 15.5. The number of halogens is 1. The third-order valence-corrected chi connectivity index (χ3v) is 5.49. The Morgan fingerprint density at radius 2 is 1.74 bits per heavy atom. The van der Waals surface area contributed by atoms with Gasteiger partial charge in [0.1, 0.15) is 26.2 Å². The van der Waals surface area contributed by atoms with E-state index >= 15 is 0 Å². The van der Waals surface area contributed by atoms with Crippen molar-refractivity contribution >= 4 is 29.3 Å². The van der Waals surface area contributed by atoms with Crippen LogP contribution in [0.5, 0.6) is 0 Å². The van der Waals surface area contributed by atoms with Crippen molar-refractivity contribution in [1.82, 2.24) is 0 Å². The van der Waals surface area contributed by atoms with Crippen molar-refractivity contribution in [2.24, 2.45) is 0 Å². The summed E-state index contributed by atoms with van der Waals surface area (Å²) in [7, 11) is 0. The zero-order chi connectivity index (χ0) is 19.1. The summed E-state index contributed by atoms with van der Waals surface area (Å²) in [5.41, 5.74) is 2.04. The molecule has 0 bridgehead atoms. The van der Waals surface area contributed by atoms with Gasteiger partial charge in [0.05, 0.1) is 6.54 Å². The molecule has 1 amide bonds. The Morgan fingerprint density at radius 1 is 1.07 bits per heavy atom. The van der Waals surface area contributed by atoms with Gasteiger partial charge in [-0.3, -0.25) is 4.79 Å². The highest BCUT2D eigenvalue weighted by molar-refractivity contribution is 6.30. The highest BCUT2D eigenvalue weighted by Crippen LogP contribution is 2.13. The predicted molar refractivity (Wildman–Crippen MR) is 111 cm³/mol. The zero-order valence-electron chi connectivity index (χ0n) is 15.7. The van der Waals surface area contributed by atoms with E-state index in [1.807, 2.05) is 25.1 Å². The highest BCUT2D eigenvalue weighted by atomic mass is 35.5. The van der Waals surface area contributed by atoms with Crippen molar-refractivity contribution in [2.75, 3.05) is 38.0 Å². The molecule has 27 heavy (non-hydrogen) atoms. The highest BCUT2D eigenvalue weighted by Gasteiger charge is 2.30. The van der Waals surface area contributed by atoms with Crippen LogP contribution in [0.4, 0.5) is 5.69 Å². The van der Waals surface area contributed by atoms with Crippen LogP contribution in [0.2, 0.25) is 5.02 Å². The van der Waals surface area contributed by atoms with E-state index in [4.69, 9.17) is 11.6 Å². The van der Waals surface area contributed by atoms with Crippen LogP contribution in [-0.4, -0.2) is 44.7 Å². The lowest BCUT2D eigenvalue weighted by molar-refractivity contribution is -1.02. The number of hydrogen-bond acceptors (Lipinski definition) is 1. The number of quaternary nitrogens is 2. The van der Waals surface area contributed by atoms with Gasteiger partial charge in [0.2, 0.25) is 0 Å². The van der Waals surface area contributed by atoms with E-state index in [0.29, 0.717) is 5.02 Å². The molecule has 2 aromatic carbocycles. The molecule has 1 aliphatic rings. The van der Waals surface area contributed by atoms with Crippen molar-refractivity contribution in [3.63, 3.8) is 0 Å². The molecule has 1 heterocycles. The number of amides is 1. The van der Waals surface area contributed by atoms with E-state index in [-0.39, 0.29) is 11.9 Å². The van der Waals surface area contributed by atoms with Crippen molar-refractivity contribution in [3.05, 3.63) is 71.3 Å². The van der Waals surface area contributed by atoms with E-state index in [9.17, 15) is 4.79 Å². The molecule has 3 rings (SSSR count). The van der Waals surface area contributed by atoms with Gasteiger partial charge in [0.15, 0.2) is 6.04 Å². The van der Waals surface area contributed by atoms with Gasteiger partial charge in [-0.05, 0) is 42.8 Å². The molecule has 0 aromatic heterocycles. The maximum atomic E-state index is 12.5. The van der Waals surface area contributed by atoms with Gasteiger partial charge < -0.3 is 15.1 Å². The summed E-state index contributed by atoms with van der Waals surface area (Å²) in [6.07, 6.45) is 4.45. The summed E-state index contributed by atoms with van der Waals surface area (Å²) in [6.45, 7) is 7.27. The minimum absolute atomic E-state index is 0.0536. The molecule has 1 atom stereocenters. The van der Waals surface area contributed by atoms with E-state index in [1.54, 1.807) is 17.0 Å². The van der Waals surface area contributed by atoms with Crippen molar-refractivity contribution in [2.45, 2.75) is 13.0 Å². The van der Waals surface area contributed by atoms with Crippen LogP contribution in [0.25, 0.3) is 6.08 Å². The number of nitrogens with one attached hydrogen (secondary N) is 3. The van der Waals surface area contributed by atoms with Crippen LogP contribution in [-0.2, 0) is 4.79 Å². The average molecular weight is 386 g/mol. The molecule has 1 saturated heterocycles. The predicted octanol–water partition coefficient (Wildman–Crippen LogP) is 1.16. The number of carbonyl (C=O) groups excluding carboxylic acids is 1. The molecule has 0 radical (unpaired) electrons. The van der Waals surface area contributed by atoms with Crippen LogP contribution < -0.4 is 15.1 Å². The molecule has 0 saturated carbocycles. The largest absolute Gasteiger partial charge is 0.322 e. The van der Waals surface area contributed by atoms with Gasteiger partial charge in [-0.15, -0.1) is 0 Å². The third kappa shape index (κ3) is 5.93. The van der Waals surface area contributed by atoms with Gasteiger partial charge in [0, 0.05) is 10.7 Å². The van der Waals surface area contributed by atoms with Crippen LogP contribution >= 0.6 is 11.6 Å². The number of hydrogen-bond donors (Lipinski definition) is 3. The monoisotopic (exact) mass is 385 g/mol. The number of carbonyl (C=O) groups is 1. The Kier molecular flexibility index (Phi) is 7.04. The fraction of sp³-hybridized carbons (Fsp3) is 0.318. The molecule has 3 N–H and O–H groups in total. The van der Waals surface area contributed by atoms with E-state index in [1.165, 1.54) is 10.5 Å². The first kappa shape index (κ1) is 19.6. The number of benzene rings is 2. The van der Waals surface area contributed by atoms with Gasteiger partial charge in [-0.1, -0.05) is 48.0 Å². The second-order valence-corrected chi connectivity index (χ2v) is 7.58. The summed E-state index contributed by atoms with van der Waals surface area (Å²) in [5.74, 6) is 0.0692. The Bertz CT molecular complexity index is 753. The lowest BCUT2D eigenvalue weighted by Gasteiger charge is -2.32. The molecule has 0 unspecified atom stereocenters. The van der Waals surface area contributed by atoms with Gasteiger partial charge in [-0.2, -0.15) is 0 Å². The molecular formula is C22H28ClN3O+2. The normalized spacial score (nSPS) is 21.1. The molecule has 1 aliphatic heterocycles. The molecule has 142 valence electrons. The van der Waals surface area contributed by atoms with Crippen LogP contribution in [0, 0.1) is 0 Å². The van der Waals surface area contributed by atoms with E-state index in [2.05, 4.69) is 41.7 Å². The molecule has 0 aliphatic carbocycles. The first-order chi connectivity index (χ1) is 13.1. The fourth-order valence-corrected chi connectivity index (χ4v) is 3.58. The van der Waals surface area contributed by atoms with Gasteiger partial charge >= 0.3 is 0 Å².